The first-order valence-corrected chi connectivity index (χ1v) is 18.3. The molecule has 242 valence electrons. The number of hydrogen-bond donors (Lipinski definition) is 0. The predicted octanol–water partition coefficient (Wildman–Crippen LogP) is 12.7. The van der Waals surface area contributed by atoms with E-state index in [0.717, 1.165) is 72.1 Å². The van der Waals surface area contributed by atoms with Gasteiger partial charge in [0.15, 0.2) is 0 Å². The van der Waals surface area contributed by atoms with E-state index in [1.54, 1.807) is 0 Å². The minimum absolute atomic E-state index is 0.810. The second-order valence-electron chi connectivity index (χ2n) is 12.8. The molecule has 0 spiro atoms. The zero-order valence-electron chi connectivity index (χ0n) is 27.6. The van der Waals surface area contributed by atoms with Crippen molar-refractivity contribution in [1.29, 1.82) is 0 Å². The van der Waals surface area contributed by atoms with Gasteiger partial charge in [-0.15, -0.1) is 0 Å². The van der Waals surface area contributed by atoms with Crippen molar-refractivity contribution in [2.75, 3.05) is 14.7 Å². The van der Waals surface area contributed by atoms with Crippen LogP contribution in [-0.2, 0) is 10.8 Å². The van der Waals surface area contributed by atoms with Crippen molar-refractivity contribution in [2.24, 2.45) is 0 Å². The Labute approximate surface area is 299 Å². The zero-order chi connectivity index (χ0) is 33.9. The highest BCUT2D eigenvalue weighted by Crippen LogP contribution is 2.56. The molecule has 51 heavy (non-hydrogen) atoms. The Bertz CT molecular complexity index is 2560. The van der Waals surface area contributed by atoms with Crippen molar-refractivity contribution in [3.05, 3.63) is 188 Å². The lowest BCUT2D eigenvalue weighted by atomic mass is 9.90. The molecule has 0 amide bonds. The first-order chi connectivity index (χ1) is 25.2. The van der Waals surface area contributed by atoms with Crippen LogP contribution < -0.4 is 14.7 Å². The molecule has 0 bridgehead atoms. The number of para-hydroxylation sites is 4. The standard InChI is InChI=1S/C46H31N3OS/c50-51-44-25-11-10-23-40(44)48(35-20-8-3-9-21-35)43-31-42-39(30-45(43)51)38-22-12-14-32-15-13-24-41(46(32)38)49(42)37-28-26-36(27-29-37)47(33-16-4-1-5-17-33)34-18-6-2-7-19-34/h1-31H. The van der Waals surface area contributed by atoms with Crippen LogP contribution in [0.3, 0.4) is 0 Å². The lowest BCUT2D eigenvalue weighted by Gasteiger charge is -2.38. The summed E-state index contributed by atoms with van der Waals surface area (Å²) in [6.45, 7) is 0. The van der Waals surface area contributed by atoms with Crippen molar-refractivity contribution in [3.8, 4) is 11.1 Å². The predicted molar refractivity (Wildman–Crippen MR) is 212 cm³/mol. The highest BCUT2D eigenvalue weighted by atomic mass is 32.2. The van der Waals surface area contributed by atoms with Crippen LogP contribution in [0.15, 0.2) is 198 Å². The van der Waals surface area contributed by atoms with Gasteiger partial charge in [0.25, 0.3) is 0 Å². The Hall–Kier alpha value is -6.43. The van der Waals surface area contributed by atoms with Crippen molar-refractivity contribution in [2.45, 2.75) is 9.79 Å². The highest BCUT2D eigenvalue weighted by Gasteiger charge is 2.34. The molecule has 1 atom stereocenters. The van der Waals surface area contributed by atoms with E-state index in [1.807, 2.05) is 36.4 Å². The Morgan fingerprint density at radius 1 is 0.392 bits per heavy atom. The molecule has 5 heteroatoms. The van der Waals surface area contributed by atoms with Crippen LogP contribution in [0.4, 0.5) is 51.2 Å². The summed E-state index contributed by atoms with van der Waals surface area (Å²) in [4.78, 5) is 8.54. The van der Waals surface area contributed by atoms with Crippen LogP contribution in [0.25, 0.3) is 21.9 Å². The van der Waals surface area contributed by atoms with Gasteiger partial charge in [0.05, 0.1) is 43.3 Å². The van der Waals surface area contributed by atoms with Gasteiger partial charge in [0.2, 0.25) is 0 Å². The number of nitrogens with zero attached hydrogens (tertiary/aromatic N) is 3. The van der Waals surface area contributed by atoms with Crippen molar-refractivity contribution in [1.82, 2.24) is 0 Å². The fraction of sp³-hybridized carbons (Fsp3) is 0. The van der Waals surface area contributed by atoms with Crippen LogP contribution in [-0.4, -0.2) is 4.21 Å². The van der Waals surface area contributed by atoms with E-state index >= 15 is 0 Å². The lowest BCUT2D eigenvalue weighted by molar-refractivity contribution is 0.682. The van der Waals surface area contributed by atoms with Crippen LogP contribution in [0.2, 0.25) is 0 Å². The molecular weight excluding hydrogens is 643 g/mol. The van der Waals surface area contributed by atoms with Crippen molar-refractivity contribution in [3.63, 3.8) is 0 Å². The molecule has 0 N–H and O–H groups in total. The summed E-state index contributed by atoms with van der Waals surface area (Å²) in [5, 5.41) is 2.36. The summed E-state index contributed by atoms with van der Waals surface area (Å²) in [6.07, 6.45) is 0. The van der Waals surface area contributed by atoms with Gasteiger partial charge in [0, 0.05) is 39.4 Å². The van der Waals surface area contributed by atoms with Crippen LogP contribution >= 0.6 is 0 Å². The molecule has 0 fully saturated rings. The van der Waals surface area contributed by atoms with E-state index < -0.39 is 10.8 Å². The van der Waals surface area contributed by atoms with E-state index in [9.17, 15) is 4.21 Å². The number of benzene rings is 8. The molecule has 2 aliphatic rings. The Balaban J connectivity index is 1.19. The maximum absolute atomic E-state index is 14.4. The molecule has 0 aromatic heterocycles. The first-order valence-electron chi connectivity index (χ1n) is 17.1. The van der Waals surface area contributed by atoms with Gasteiger partial charge in [0.1, 0.15) is 0 Å². The first kappa shape index (κ1) is 29.5. The van der Waals surface area contributed by atoms with E-state index in [2.05, 4.69) is 166 Å². The molecule has 0 aliphatic carbocycles. The van der Waals surface area contributed by atoms with Gasteiger partial charge < -0.3 is 14.7 Å². The average Bonchev–Trinajstić information content (AvgIpc) is 3.20. The third-order valence-corrected chi connectivity index (χ3v) is 11.4. The van der Waals surface area contributed by atoms with E-state index in [1.165, 1.54) is 10.8 Å². The highest BCUT2D eigenvalue weighted by molar-refractivity contribution is 7.85. The molecule has 2 heterocycles. The fourth-order valence-electron chi connectivity index (χ4n) is 7.68. The maximum atomic E-state index is 14.4. The van der Waals surface area contributed by atoms with Crippen molar-refractivity contribution >= 4 is 72.8 Å². The SMILES string of the molecule is O=S1c2ccccc2N(c2ccccc2)c2cc3c(cc21)-c1cccc2cccc(c12)N3c1ccc(N(c2ccccc2)c2ccccc2)cc1. The van der Waals surface area contributed by atoms with Crippen LogP contribution in [0.5, 0.6) is 0 Å². The maximum Gasteiger partial charge on any atom is 0.0892 e. The quantitative estimate of drug-likeness (QED) is 0.182. The minimum atomic E-state index is -1.36. The topological polar surface area (TPSA) is 26.8 Å². The zero-order valence-corrected chi connectivity index (χ0v) is 28.4. The summed E-state index contributed by atoms with van der Waals surface area (Å²) >= 11 is 0. The Morgan fingerprint density at radius 3 is 1.65 bits per heavy atom. The molecule has 0 saturated carbocycles. The second kappa shape index (κ2) is 11.9. The van der Waals surface area contributed by atoms with E-state index in [0.29, 0.717) is 0 Å². The normalized spacial score (nSPS) is 14.1. The average molecular weight is 674 g/mol. The third-order valence-electron chi connectivity index (χ3n) is 9.89. The van der Waals surface area contributed by atoms with Gasteiger partial charge in [-0.25, -0.2) is 4.21 Å². The Kier molecular flexibility index (Phi) is 6.86. The van der Waals surface area contributed by atoms with Crippen molar-refractivity contribution < 1.29 is 4.21 Å². The number of anilines is 9. The molecular formula is C46H31N3OS. The van der Waals surface area contributed by atoms with Gasteiger partial charge in [-0.2, -0.15) is 0 Å². The van der Waals surface area contributed by atoms with Gasteiger partial charge in [-0.3, -0.25) is 0 Å². The summed E-state index contributed by atoms with van der Waals surface area (Å²) in [6, 6.07) is 65.7. The molecule has 4 nitrogen and oxygen atoms in total. The van der Waals surface area contributed by atoms with Crippen LogP contribution in [0, 0.1) is 0 Å². The molecule has 10 rings (SSSR count). The summed E-state index contributed by atoms with van der Waals surface area (Å²) in [5.74, 6) is 0. The van der Waals surface area contributed by atoms with Gasteiger partial charge >= 0.3 is 0 Å². The minimum Gasteiger partial charge on any atom is -0.311 e. The largest absolute Gasteiger partial charge is 0.311 e. The molecule has 1 unspecified atom stereocenters. The smallest absolute Gasteiger partial charge is 0.0892 e. The molecule has 0 radical (unpaired) electrons. The summed E-state index contributed by atoms with van der Waals surface area (Å²) in [7, 11) is -1.36. The number of rotatable bonds is 5. The number of fused-ring (bicyclic) bond motifs is 4. The molecule has 8 aromatic carbocycles. The fourth-order valence-corrected chi connectivity index (χ4v) is 9.03. The third kappa shape index (κ3) is 4.70. The monoisotopic (exact) mass is 673 g/mol. The molecule has 0 saturated heterocycles. The van der Waals surface area contributed by atoms with Gasteiger partial charge in [-0.1, -0.05) is 97.1 Å². The van der Waals surface area contributed by atoms with Crippen LogP contribution in [0.1, 0.15) is 0 Å². The molecule has 2 aliphatic heterocycles. The Morgan fingerprint density at radius 2 is 0.941 bits per heavy atom. The van der Waals surface area contributed by atoms with E-state index in [4.69, 9.17) is 0 Å². The summed E-state index contributed by atoms with van der Waals surface area (Å²) in [5.41, 5.74) is 11.6. The second-order valence-corrected chi connectivity index (χ2v) is 14.2. The van der Waals surface area contributed by atoms with E-state index in [-0.39, 0.29) is 0 Å². The molecule has 8 aromatic rings. The lowest BCUT2D eigenvalue weighted by Crippen LogP contribution is -2.22. The van der Waals surface area contributed by atoms with Gasteiger partial charge in [-0.05, 0) is 102 Å². The number of hydrogen-bond acceptors (Lipinski definition) is 4. The summed E-state index contributed by atoms with van der Waals surface area (Å²) < 4.78 is 14.4.